The Hall–Kier alpha value is -4.48. The number of carboxylic acids is 1. The fourth-order valence-corrected chi connectivity index (χ4v) is 5.47. The predicted octanol–water partition coefficient (Wildman–Crippen LogP) is 3.83. The lowest BCUT2D eigenvalue weighted by Crippen LogP contribution is -2.48. The van der Waals surface area contributed by atoms with Gasteiger partial charge in [0.1, 0.15) is 10.9 Å². The molecule has 12 heteroatoms. The highest BCUT2D eigenvalue weighted by molar-refractivity contribution is 7.15. The molecule has 0 saturated heterocycles. The molecule has 10 nitrogen and oxygen atoms in total. The van der Waals surface area contributed by atoms with Crippen molar-refractivity contribution in [2.75, 3.05) is 7.05 Å². The van der Waals surface area contributed by atoms with Crippen LogP contribution in [0.3, 0.4) is 0 Å². The maximum Gasteiger partial charge on any atom is 0.345 e. The van der Waals surface area contributed by atoms with Gasteiger partial charge in [0.25, 0.3) is 11.8 Å². The fraction of sp³-hybridized carbons (Fsp3) is 0.233. The third-order valence-electron chi connectivity index (χ3n) is 6.89. The zero-order valence-corrected chi connectivity index (χ0v) is 24.1. The van der Waals surface area contributed by atoms with E-state index in [-0.39, 0.29) is 40.2 Å². The fourth-order valence-electron chi connectivity index (χ4n) is 4.55. The number of aromatic amines is 1. The first kappa shape index (κ1) is 29.0. The molecule has 0 spiro atoms. The average molecular weight is 607 g/mol. The van der Waals surface area contributed by atoms with Gasteiger partial charge in [-0.3, -0.25) is 19.2 Å². The van der Waals surface area contributed by atoms with Crippen LogP contribution in [0.15, 0.2) is 65.5 Å². The van der Waals surface area contributed by atoms with E-state index in [4.69, 9.17) is 11.6 Å². The lowest BCUT2D eigenvalue weighted by Gasteiger charge is -2.25. The van der Waals surface area contributed by atoms with Crippen LogP contribution >= 0.6 is 22.9 Å². The molecule has 1 atom stereocenters. The number of fused-ring (bicyclic) bond motifs is 1. The van der Waals surface area contributed by atoms with Gasteiger partial charge in [0, 0.05) is 53.6 Å². The highest BCUT2D eigenvalue weighted by Gasteiger charge is 2.27. The molecule has 5 rings (SSSR count). The maximum atomic E-state index is 13.8. The number of benzene rings is 2. The molecular formula is C30H27ClN4O6S. The largest absolute Gasteiger partial charge is 0.477 e. The number of aromatic nitrogens is 1. The molecule has 1 aliphatic rings. The molecule has 2 aromatic heterocycles. The lowest BCUT2D eigenvalue weighted by molar-refractivity contribution is -0.132. The Kier molecular flexibility index (Phi) is 8.41. The Morgan fingerprint density at radius 3 is 2.40 bits per heavy atom. The molecule has 42 heavy (non-hydrogen) atoms. The number of amides is 3. The second kappa shape index (κ2) is 12.2. The van der Waals surface area contributed by atoms with Crippen LogP contribution in [0.25, 0.3) is 10.9 Å². The number of nitrogens with one attached hydrogen (secondary N) is 3. The summed E-state index contributed by atoms with van der Waals surface area (Å²) in [6.07, 6.45) is 2.05. The summed E-state index contributed by atoms with van der Waals surface area (Å²) < 4.78 is 0. The normalized spacial score (nSPS) is 13.4. The molecule has 2 heterocycles. The van der Waals surface area contributed by atoms with Gasteiger partial charge in [0.2, 0.25) is 11.5 Å². The van der Waals surface area contributed by atoms with E-state index < -0.39 is 23.8 Å². The number of rotatable bonds is 10. The summed E-state index contributed by atoms with van der Waals surface area (Å²) >= 11 is 6.99. The second-order valence-corrected chi connectivity index (χ2v) is 11.7. The van der Waals surface area contributed by atoms with E-state index >= 15 is 0 Å². The standard InChI is InChI=1S/C30H27ClN4O6S/c1-35(15-18-13-26(36)33-22-9-6-19(31)14-21(18)22)29(39)23(34-28(38)24-10-11-25(42-24)30(40)41)12-16-2-4-17(5-3-16)27(37)32-20-7-8-20/h2-6,9-11,13-14,20,23H,7-8,12,15H2,1H3,(H,32,37)(H,33,36)(H,34,38)(H,40,41)/t23-/m1/s1. The molecule has 216 valence electrons. The van der Waals surface area contributed by atoms with Crippen LogP contribution in [0.4, 0.5) is 0 Å². The highest BCUT2D eigenvalue weighted by Crippen LogP contribution is 2.23. The monoisotopic (exact) mass is 606 g/mol. The number of hydrogen-bond donors (Lipinski definition) is 4. The average Bonchev–Trinajstić information content (AvgIpc) is 3.62. The van der Waals surface area contributed by atoms with Crippen molar-refractivity contribution in [2.24, 2.45) is 0 Å². The number of hydrogen-bond acceptors (Lipinski definition) is 6. The van der Waals surface area contributed by atoms with E-state index in [9.17, 15) is 29.1 Å². The molecule has 1 saturated carbocycles. The van der Waals surface area contributed by atoms with Crippen LogP contribution < -0.4 is 16.2 Å². The quantitative estimate of drug-likeness (QED) is 0.216. The number of carbonyl (C=O) groups excluding carboxylic acids is 3. The number of aromatic carboxylic acids is 1. The first-order valence-corrected chi connectivity index (χ1v) is 14.4. The van der Waals surface area contributed by atoms with Gasteiger partial charge < -0.3 is 25.6 Å². The van der Waals surface area contributed by atoms with E-state index in [0.717, 1.165) is 24.2 Å². The summed E-state index contributed by atoms with van der Waals surface area (Å²) in [6.45, 7) is 0.0639. The number of halogens is 1. The number of pyridine rings is 1. The number of carboxylic acid groups (broad SMARTS) is 1. The van der Waals surface area contributed by atoms with E-state index in [2.05, 4.69) is 15.6 Å². The minimum Gasteiger partial charge on any atom is -0.477 e. The van der Waals surface area contributed by atoms with Crippen molar-refractivity contribution >= 4 is 57.5 Å². The van der Waals surface area contributed by atoms with E-state index in [1.54, 1.807) is 49.5 Å². The Morgan fingerprint density at radius 2 is 1.74 bits per heavy atom. The molecule has 3 amide bonds. The van der Waals surface area contributed by atoms with Crippen LogP contribution in [0, 0.1) is 0 Å². The molecule has 0 bridgehead atoms. The minimum atomic E-state index is -1.15. The zero-order chi connectivity index (χ0) is 30.0. The Morgan fingerprint density at radius 1 is 1.02 bits per heavy atom. The van der Waals surface area contributed by atoms with Gasteiger partial charge in [-0.1, -0.05) is 23.7 Å². The summed E-state index contributed by atoms with van der Waals surface area (Å²) in [7, 11) is 1.57. The van der Waals surface area contributed by atoms with Crippen molar-refractivity contribution in [3.63, 3.8) is 0 Å². The maximum absolute atomic E-state index is 13.8. The molecular weight excluding hydrogens is 580 g/mol. The Bertz CT molecular complexity index is 1740. The lowest BCUT2D eigenvalue weighted by atomic mass is 10.0. The summed E-state index contributed by atoms with van der Waals surface area (Å²) in [6, 6.07) is 15.2. The van der Waals surface area contributed by atoms with Crippen molar-refractivity contribution in [3.8, 4) is 0 Å². The van der Waals surface area contributed by atoms with Gasteiger partial charge in [-0.2, -0.15) is 0 Å². The third kappa shape index (κ3) is 6.87. The predicted molar refractivity (Wildman–Crippen MR) is 159 cm³/mol. The third-order valence-corrected chi connectivity index (χ3v) is 8.19. The number of likely N-dealkylation sites (N-methyl/N-ethyl adjacent to an activating group) is 1. The Balaban J connectivity index is 1.38. The highest BCUT2D eigenvalue weighted by atomic mass is 35.5. The number of carbonyl (C=O) groups is 4. The second-order valence-electron chi connectivity index (χ2n) is 10.2. The van der Waals surface area contributed by atoms with Crippen molar-refractivity contribution in [1.29, 1.82) is 0 Å². The van der Waals surface area contributed by atoms with E-state index in [1.165, 1.54) is 23.1 Å². The zero-order valence-electron chi connectivity index (χ0n) is 22.5. The van der Waals surface area contributed by atoms with Crippen LogP contribution in [0.5, 0.6) is 0 Å². The number of nitrogens with zero attached hydrogens (tertiary/aromatic N) is 1. The molecule has 4 N–H and O–H groups in total. The minimum absolute atomic E-state index is 0.0000426. The Labute approximate surface area is 249 Å². The van der Waals surface area contributed by atoms with Crippen LogP contribution in [0.2, 0.25) is 5.02 Å². The number of H-pyrrole nitrogens is 1. The van der Waals surface area contributed by atoms with Crippen molar-refractivity contribution < 1.29 is 24.3 Å². The summed E-state index contributed by atoms with van der Waals surface area (Å²) in [5.74, 6) is -2.33. The van der Waals surface area contributed by atoms with Crippen molar-refractivity contribution in [3.05, 3.63) is 102 Å². The molecule has 1 aliphatic carbocycles. The van der Waals surface area contributed by atoms with Gasteiger partial charge in [-0.15, -0.1) is 11.3 Å². The first-order chi connectivity index (χ1) is 20.1. The summed E-state index contributed by atoms with van der Waals surface area (Å²) in [5, 5.41) is 16.1. The van der Waals surface area contributed by atoms with Gasteiger partial charge in [-0.05, 0) is 66.4 Å². The molecule has 0 radical (unpaired) electrons. The van der Waals surface area contributed by atoms with Crippen LogP contribution in [-0.4, -0.2) is 57.8 Å². The topological polar surface area (TPSA) is 149 Å². The summed E-state index contributed by atoms with van der Waals surface area (Å²) in [4.78, 5) is 67.2. The van der Waals surface area contributed by atoms with Gasteiger partial charge in [0.15, 0.2) is 0 Å². The van der Waals surface area contributed by atoms with Crippen molar-refractivity contribution in [1.82, 2.24) is 20.5 Å². The van der Waals surface area contributed by atoms with Crippen LogP contribution in [0.1, 0.15) is 53.7 Å². The first-order valence-electron chi connectivity index (χ1n) is 13.2. The SMILES string of the molecule is CN(Cc1cc(=O)[nH]c2ccc(Cl)cc12)C(=O)[C@@H](Cc1ccc(C(=O)NC2CC2)cc1)NC(=O)c1ccc(C(=O)O)s1. The van der Waals surface area contributed by atoms with Crippen molar-refractivity contribution in [2.45, 2.75) is 37.9 Å². The molecule has 2 aromatic carbocycles. The van der Waals surface area contributed by atoms with E-state index in [0.29, 0.717) is 32.6 Å². The van der Waals surface area contributed by atoms with Crippen LogP contribution in [-0.2, 0) is 17.8 Å². The molecule has 1 fully saturated rings. The summed E-state index contributed by atoms with van der Waals surface area (Å²) in [5.41, 5.74) is 2.02. The molecule has 0 aliphatic heterocycles. The molecule has 4 aromatic rings. The van der Waals surface area contributed by atoms with Gasteiger partial charge in [0.05, 0.1) is 4.88 Å². The van der Waals surface area contributed by atoms with Gasteiger partial charge >= 0.3 is 5.97 Å². The number of thiophene rings is 1. The van der Waals surface area contributed by atoms with E-state index in [1.807, 2.05) is 0 Å². The smallest absolute Gasteiger partial charge is 0.345 e. The van der Waals surface area contributed by atoms with Gasteiger partial charge in [-0.25, -0.2) is 4.79 Å². The molecule has 0 unspecified atom stereocenters.